The van der Waals surface area contributed by atoms with Crippen molar-refractivity contribution < 1.29 is 15.0 Å². The van der Waals surface area contributed by atoms with Crippen LogP contribution < -0.4 is 0 Å². The van der Waals surface area contributed by atoms with Crippen molar-refractivity contribution in [2.75, 3.05) is 0 Å². The van der Waals surface area contributed by atoms with Crippen LogP contribution in [0, 0.1) is 5.92 Å². The number of benzene rings is 1. The number of aromatic carboxylic acids is 1. The fourth-order valence-electron chi connectivity index (χ4n) is 1.77. The first-order valence-electron chi connectivity index (χ1n) is 6.09. The molecule has 0 amide bonds. The van der Waals surface area contributed by atoms with Crippen LogP contribution >= 0.6 is 0 Å². The maximum atomic E-state index is 10.8. The standard InChI is InChI=1S/C14H20O3/c1-3-10(2)5-4-6-11-7-8-13(15)12(9-11)14(16)17/h7-10,15H,3-6H2,1-2H3,(H,16,17). The first-order chi connectivity index (χ1) is 8.04. The highest BCUT2D eigenvalue weighted by molar-refractivity contribution is 5.90. The van der Waals surface area contributed by atoms with Gasteiger partial charge in [-0.15, -0.1) is 0 Å². The summed E-state index contributed by atoms with van der Waals surface area (Å²) in [5.41, 5.74) is 0.967. The third-order valence-electron chi connectivity index (χ3n) is 3.15. The van der Waals surface area contributed by atoms with Gasteiger partial charge in [0.15, 0.2) is 0 Å². The van der Waals surface area contributed by atoms with Crippen LogP contribution in [0.3, 0.4) is 0 Å². The minimum absolute atomic E-state index is 0.00830. The molecule has 0 saturated carbocycles. The Hall–Kier alpha value is -1.51. The van der Waals surface area contributed by atoms with E-state index in [2.05, 4.69) is 13.8 Å². The Morgan fingerprint density at radius 2 is 2.12 bits per heavy atom. The van der Waals surface area contributed by atoms with E-state index in [9.17, 15) is 9.90 Å². The summed E-state index contributed by atoms with van der Waals surface area (Å²) in [6, 6.07) is 4.81. The lowest BCUT2D eigenvalue weighted by Crippen LogP contribution is -1.99. The number of hydrogen-bond acceptors (Lipinski definition) is 2. The van der Waals surface area contributed by atoms with Gasteiger partial charge in [-0.3, -0.25) is 0 Å². The third-order valence-corrected chi connectivity index (χ3v) is 3.15. The summed E-state index contributed by atoms with van der Waals surface area (Å²) >= 11 is 0. The van der Waals surface area contributed by atoms with E-state index in [4.69, 9.17) is 5.11 Å². The van der Waals surface area contributed by atoms with Crippen LogP contribution in [0.5, 0.6) is 5.75 Å². The Kier molecular flexibility index (Phi) is 5.01. The number of aryl methyl sites for hydroxylation is 1. The molecule has 0 bridgehead atoms. The molecule has 17 heavy (non-hydrogen) atoms. The average Bonchev–Trinajstić information content (AvgIpc) is 2.30. The molecule has 0 saturated heterocycles. The fourth-order valence-corrected chi connectivity index (χ4v) is 1.77. The fraction of sp³-hybridized carbons (Fsp3) is 0.500. The molecule has 0 radical (unpaired) electrons. The monoisotopic (exact) mass is 236 g/mol. The number of carbonyl (C=O) groups is 1. The van der Waals surface area contributed by atoms with E-state index in [1.807, 2.05) is 0 Å². The second kappa shape index (κ2) is 6.28. The van der Waals surface area contributed by atoms with Crippen molar-refractivity contribution in [3.63, 3.8) is 0 Å². The van der Waals surface area contributed by atoms with E-state index in [1.54, 1.807) is 12.1 Å². The summed E-state index contributed by atoms with van der Waals surface area (Å²) in [4.78, 5) is 10.8. The molecule has 3 heteroatoms. The summed E-state index contributed by atoms with van der Waals surface area (Å²) < 4.78 is 0. The van der Waals surface area contributed by atoms with Crippen LogP contribution in [0.25, 0.3) is 0 Å². The van der Waals surface area contributed by atoms with Crippen LogP contribution in [0.4, 0.5) is 0 Å². The van der Waals surface area contributed by atoms with Gasteiger partial charge in [-0.2, -0.15) is 0 Å². The van der Waals surface area contributed by atoms with Gasteiger partial charge in [0.25, 0.3) is 0 Å². The van der Waals surface area contributed by atoms with Gasteiger partial charge in [-0.05, 0) is 36.5 Å². The van der Waals surface area contributed by atoms with Crippen LogP contribution in [0.1, 0.15) is 49.0 Å². The van der Waals surface area contributed by atoms with Crippen molar-refractivity contribution in [3.05, 3.63) is 29.3 Å². The van der Waals surface area contributed by atoms with E-state index in [-0.39, 0.29) is 11.3 Å². The predicted molar refractivity (Wildman–Crippen MR) is 67.5 cm³/mol. The minimum Gasteiger partial charge on any atom is -0.507 e. The van der Waals surface area contributed by atoms with Crippen molar-refractivity contribution in [1.29, 1.82) is 0 Å². The van der Waals surface area contributed by atoms with Crippen LogP contribution in [0.2, 0.25) is 0 Å². The summed E-state index contributed by atoms with van der Waals surface area (Å²) in [5.74, 6) is -0.527. The molecule has 3 nitrogen and oxygen atoms in total. The molecule has 0 aliphatic heterocycles. The van der Waals surface area contributed by atoms with Gasteiger partial charge in [0, 0.05) is 0 Å². The Morgan fingerprint density at radius 3 is 2.71 bits per heavy atom. The van der Waals surface area contributed by atoms with Crippen molar-refractivity contribution in [1.82, 2.24) is 0 Å². The zero-order chi connectivity index (χ0) is 12.8. The van der Waals surface area contributed by atoms with Crippen molar-refractivity contribution >= 4 is 5.97 Å². The van der Waals surface area contributed by atoms with Gasteiger partial charge in [0.05, 0.1) is 0 Å². The molecule has 2 N–H and O–H groups in total. The Labute approximate surface area is 102 Å². The van der Waals surface area contributed by atoms with Crippen molar-refractivity contribution in [2.45, 2.75) is 39.5 Å². The highest BCUT2D eigenvalue weighted by Crippen LogP contribution is 2.20. The first-order valence-corrected chi connectivity index (χ1v) is 6.09. The number of hydrogen-bond donors (Lipinski definition) is 2. The summed E-state index contributed by atoms with van der Waals surface area (Å²) in [7, 11) is 0. The predicted octanol–water partition coefficient (Wildman–Crippen LogP) is 3.46. The zero-order valence-corrected chi connectivity index (χ0v) is 10.4. The Morgan fingerprint density at radius 1 is 1.41 bits per heavy atom. The number of phenols is 1. The van der Waals surface area contributed by atoms with Crippen LogP contribution in [-0.4, -0.2) is 16.2 Å². The second-order valence-electron chi connectivity index (χ2n) is 4.56. The van der Waals surface area contributed by atoms with Crippen molar-refractivity contribution in [2.24, 2.45) is 5.92 Å². The van der Waals surface area contributed by atoms with E-state index < -0.39 is 5.97 Å². The maximum Gasteiger partial charge on any atom is 0.339 e. The second-order valence-corrected chi connectivity index (χ2v) is 4.56. The first kappa shape index (κ1) is 13.6. The van der Waals surface area contributed by atoms with E-state index in [0.717, 1.165) is 24.8 Å². The molecule has 1 aromatic rings. The smallest absolute Gasteiger partial charge is 0.339 e. The molecule has 0 heterocycles. The number of aromatic hydroxyl groups is 1. The Balaban J connectivity index is 2.60. The van der Waals surface area contributed by atoms with Crippen molar-refractivity contribution in [3.8, 4) is 5.75 Å². The molecule has 0 aliphatic carbocycles. The maximum absolute atomic E-state index is 10.8. The molecule has 1 aromatic carbocycles. The van der Waals surface area contributed by atoms with E-state index in [0.29, 0.717) is 5.92 Å². The van der Waals surface area contributed by atoms with Crippen LogP contribution in [-0.2, 0) is 6.42 Å². The summed E-state index contributed by atoms with van der Waals surface area (Å²) in [5, 5.41) is 18.3. The van der Waals surface area contributed by atoms with Crippen LogP contribution in [0.15, 0.2) is 18.2 Å². The van der Waals surface area contributed by atoms with Gasteiger partial charge >= 0.3 is 5.97 Å². The van der Waals surface area contributed by atoms with E-state index in [1.165, 1.54) is 12.5 Å². The average molecular weight is 236 g/mol. The summed E-state index contributed by atoms with van der Waals surface area (Å²) in [6.45, 7) is 4.40. The highest BCUT2D eigenvalue weighted by Gasteiger charge is 2.10. The van der Waals surface area contributed by atoms with E-state index >= 15 is 0 Å². The highest BCUT2D eigenvalue weighted by atomic mass is 16.4. The lowest BCUT2D eigenvalue weighted by atomic mass is 9.98. The van der Waals surface area contributed by atoms with Gasteiger partial charge < -0.3 is 10.2 Å². The normalized spacial score (nSPS) is 12.4. The summed E-state index contributed by atoms with van der Waals surface area (Å²) in [6.07, 6.45) is 4.25. The molecule has 0 aliphatic rings. The quantitative estimate of drug-likeness (QED) is 0.795. The molecule has 1 rings (SSSR count). The number of carboxylic acids is 1. The molecule has 0 aromatic heterocycles. The molecular formula is C14H20O3. The number of rotatable bonds is 6. The lowest BCUT2D eigenvalue weighted by Gasteiger charge is -2.08. The molecule has 94 valence electrons. The third kappa shape index (κ3) is 4.10. The lowest BCUT2D eigenvalue weighted by molar-refractivity contribution is 0.0693. The van der Waals surface area contributed by atoms with Gasteiger partial charge in [0.1, 0.15) is 11.3 Å². The number of carboxylic acid groups (broad SMARTS) is 1. The molecule has 0 spiro atoms. The molecular weight excluding hydrogens is 216 g/mol. The topological polar surface area (TPSA) is 57.5 Å². The van der Waals surface area contributed by atoms with Gasteiger partial charge in [-0.25, -0.2) is 4.79 Å². The molecule has 1 atom stereocenters. The largest absolute Gasteiger partial charge is 0.507 e. The molecule has 0 fully saturated rings. The SMILES string of the molecule is CCC(C)CCCc1ccc(O)c(C(=O)O)c1. The van der Waals surface area contributed by atoms with Gasteiger partial charge in [-0.1, -0.05) is 32.8 Å². The van der Waals surface area contributed by atoms with Gasteiger partial charge in [0.2, 0.25) is 0 Å². The minimum atomic E-state index is -1.08. The molecule has 1 unspecified atom stereocenters. The Bertz CT molecular complexity index is 385. The zero-order valence-electron chi connectivity index (χ0n) is 10.4.